The summed E-state index contributed by atoms with van der Waals surface area (Å²) in [7, 11) is 0. The number of nitrogens with one attached hydrogen (secondary N) is 1. The van der Waals surface area contributed by atoms with Gasteiger partial charge in [-0.1, -0.05) is 30.3 Å². The molecule has 2 rings (SSSR count). The average molecular weight is 339 g/mol. The number of nitro groups is 1. The van der Waals surface area contributed by atoms with E-state index in [2.05, 4.69) is 10.3 Å². The molecule has 1 heterocycles. The van der Waals surface area contributed by atoms with Gasteiger partial charge in [-0.25, -0.2) is 9.78 Å². The molecular formula is C13H13N3O4S2. The molecule has 116 valence electrons. The predicted octanol–water partition coefficient (Wildman–Crippen LogP) is 2.85. The van der Waals surface area contributed by atoms with Crippen molar-refractivity contribution in [3.05, 3.63) is 52.2 Å². The van der Waals surface area contributed by atoms with Crippen molar-refractivity contribution >= 4 is 39.2 Å². The highest BCUT2D eigenvalue weighted by molar-refractivity contribution is 7.98. The first-order valence-corrected chi connectivity index (χ1v) is 8.24. The van der Waals surface area contributed by atoms with Gasteiger partial charge in [0.25, 0.3) is 0 Å². The van der Waals surface area contributed by atoms with Crippen LogP contribution in [0.5, 0.6) is 0 Å². The van der Waals surface area contributed by atoms with Crippen LogP contribution in [0, 0.1) is 10.1 Å². The average Bonchev–Trinajstić information content (AvgIpc) is 2.96. The molecule has 9 heteroatoms. The van der Waals surface area contributed by atoms with Crippen LogP contribution >= 0.6 is 23.1 Å². The number of aromatic nitrogens is 1. The Bertz CT molecular complexity index is 648. The van der Waals surface area contributed by atoms with Crippen molar-refractivity contribution in [3.63, 3.8) is 0 Å². The summed E-state index contributed by atoms with van der Waals surface area (Å²) in [5.74, 6) is 0.0143. The van der Waals surface area contributed by atoms with Crippen LogP contribution in [0.3, 0.4) is 0 Å². The fourth-order valence-electron chi connectivity index (χ4n) is 1.61. The number of carboxylic acid groups (broad SMARTS) is 1. The lowest BCUT2D eigenvalue weighted by Crippen LogP contribution is -2.31. The van der Waals surface area contributed by atoms with Crippen molar-refractivity contribution in [2.24, 2.45) is 0 Å². The lowest BCUT2D eigenvalue weighted by molar-refractivity contribution is -0.380. The van der Waals surface area contributed by atoms with Crippen molar-refractivity contribution < 1.29 is 14.8 Å². The minimum atomic E-state index is -1.02. The second-order valence-electron chi connectivity index (χ2n) is 4.30. The molecule has 1 aromatic heterocycles. The van der Waals surface area contributed by atoms with Crippen LogP contribution in [-0.4, -0.2) is 32.8 Å². The van der Waals surface area contributed by atoms with E-state index in [1.54, 1.807) is 0 Å². The van der Waals surface area contributed by atoms with Crippen LogP contribution < -0.4 is 5.32 Å². The molecule has 2 N–H and O–H groups in total. The Hall–Kier alpha value is -2.13. The molecule has 0 saturated carbocycles. The Kier molecular flexibility index (Phi) is 5.73. The van der Waals surface area contributed by atoms with E-state index in [0.717, 1.165) is 23.1 Å². The summed E-state index contributed by atoms with van der Waals surface area (Å²) in [5, 5.41) is 22.6. The molecule has 1 aromatic carbocycles. The maximum atomic E-state index is 11.3. The molecule has 0 fully saturated rings. The van der Waals surface area contributed by atoms with Gasteiger partial charge in [0.2, 0.25) is 0 Å². The topological polar surface area (TPSA) is 105 Å². The highest BCUT2D eigenvalue weighted by Gasteiger charge is 2.20. The van der Waals surface area contributed by atoms with E-state index in [4.69, 9.17) is 0 Å². The maximum Gasteiger partial charge on any atom is 0.345 e. The third-order valence-corrected chi connectivity index (χ3v) is 4.65. The second-order valence-corrected chi connectivity index (χ2v) is 6.34. The molecule has 0 aliphatic heterocycles. The summed E-state index contributed by atoms with van der Waals surface area (Å²) in [5.41, 5.74) is 1.11. The lowest BCUT2D eigenvalue weighted by Gasteiger charge is -2.12. The number of hydrogen-bond acceptors (Lipinski definition) is 7. The van der Waals surface area contributed by atoms with Gasteiger partial charge in [0.15, 0.2) is 5.13 Å². The Balaban J connectivity index is 1.89. The van der Waals surface area contributed by atoms with E-state index >= 15 is 0 Å². The Morgan fingerprint density at radius 2 is 2.18 bits per heavy atom. The molecule has 0 radical (unpaired) electrons. The lowest BCUT2D eigenvalue weighted by atomic mass is 10.2. The summed E-state index contributed by atoms with van der Waals surface area (Å²) in [6.45, 7) is 0. The summed E-state index contributed by atoms with van der Waals surface area (Å²) in [4.78, 5) is 25.1. The largest absolute Gasteiger partial charge is 0.480 e. The van der Waals surface area contributed by atoms with Gasteiger partial charge < -0.3 is 10.4 Å². The summed E-state index contributed by atoms with van der Waals surface area (Å²) >= 11 is 2.30. The number of aliphatic carboxylic acids is 1. The predicted molar refractivity (Wildman–Crippen MR) is 86.4 cm³/mol. The monoisotopic (exact) mass is 339 g/mol. The van der Waals surface area contributed by atoms with Gasteiger partial charge in [0.05, 0.1) is 4.92 Å². The molecule has 0 spiro atoms. The number of carboxylic acids is 1. The number of rotatable bonds is 8. The van der Waals surface area contributed by atoms with Crippen LogP contribution in [0.15, 0.2) is 36.5 Å². The fourth-order valence-corrected chi connectivity index (χ4v) is 3.30. The fraction of sp³-hybridized carbons (Fsp3) is 0.231. The molecule has 1 unspecified atom stereocenters. The number of benzene rings is 1. The van der Waals surface area contributed by atoms with Gasteiger partial charge in [0, 0.05) is 11.5 Å². The maximum absolute atomic E-state index is 11.3. The first kappa shape index (κ1) is 16.2. The zero-order chi connectivity index (χ0) is 15.9. The molecule has 0 aliphatic rings. The van der Waals surface area contributed by atoms with Gasteiger partial charge in [-0.15, -0.1) is 0 Å². The molecule has 7 nitrogen and oxygen atoms in total. The Morgan fingerprint density at radius 1 is 1.45 bits per heavy atom. The Labute approximate surface area is 134 Å². The molecule has 0 amide bonds. The highest BCUT2D eigenvalue weighted by atomic mass is 32.2. The zero-order valence-corrected chi connectivity index (χ0v) is 13.0. The number of thioether (sulfide) groups is 1. The SMILES string of the molecule is O=C(O)C(CSCc1ccccc1)Nc1ncc([N+](=O)[O-])s1. The van der Waals surface area contributed by atoms with Crippen molar-refractivity contribution in [3.8, 4) is 0 Å². The molecule has 0 saturated heterocycles. The van der Waals surface area contributed by atoms with Crippen molar-refractivity contribution in [1.29, 1.82) is 0 Å². The summed E-state index contributed by atoms with van der Waals surface area (Å²) in [6, 6.07) is 8.88. The minimum absolute atomic E-state index is 0.122. The van der Waals surface area contributed by atoms with E-state index in [9.17, 15) is 20.0 Å². The smallest absolute Gasteiger partial charge is 0.345 e. The number of nitrogens with zero attached hydrogens (tertiary/aromatic N) is 2. The molecule has 22 heavy (non-hydrogen) atoms. The highest BCUT2D eigenvalue weighted by Crippen LogP contribution is 2.26. The van der Waals surface area contributed by atoms with E-state index in [0.29, 0.717) is 11.5 Å². The summed E-state index contributed by atoms with van der Waals surface area (Å²) in [6.07, 6.45) is 1.11. The van der Waals surface area contributed by atoms with E-state index < -0.39 is 16.9 Å². The number of carbonyl (C=O) groups is 1. The van der Waals surface area contributed by atoms with Crippen LogP contribution in [0.1, 0.15) is 5.56 Å². The normalized spacial score (nSPS) is 11.8. The molecule has 0 aliphatic carbocycles. The summed E-state index contributed by atoms with van der Waals surface area (Å²) < 4.78 is 0. The molecule has 2 aromatic rings. The zero-order valence-electron chi connectivity index (χ0n) is 11.3. The number of anilines is 1. The van der Waals surface area contributed by atoms with Crippen LogP contribution in [0.4, 0.5) is 10.1 Å². The van der Waals surface area contributed by atoms with Crippen molar-refractivity contribution in [2.45, 2.75) is 11.8 Å². The van der Waals surface area contributed by atoms with E-state index in [1.165, 1.54) is 11.8 Å². The standard InChI is InChI=1S/C13H13N3O4S2/c17-12(18)10(8-21-7-9-4-2-1-3-5-9)15-13-14-6-11(22-13)16(19)20/h1-6,10H,7-8H2,(H,14,15)(H,17,18). The van der Waals surface area contributed by atoms with Gasteiger partial charge in [-0.3, -0.25) is 10.1 Å². The molecule has 0 bridgehead atoms. The molecule has 1 atom stereocenters. The quantitative estimate of drug-likeness (QED) is 0.562. The third-order valence-electron chi connectivity index (χ3n) is 2.67. The molecular weight excluding hydrogens is 326 g/mol. The van der Waals surface area contributed by atoms with Crippen LogP contribution in [0.25, 0.3) is 0 Å². The van der Waals surface area contributed by atoms with Gasteiger partial charge in [-0.2, -0.15) is 11.8 Å². The van der Waals surface area contributed by atoms with Crippen LogP contribution in [-0.2, 0) is 10.5 Å². The minimum Gasteiger partial charge on any atom is -0.480 e. The third kappa shape index (κ3) is 4.71. The van der Waals surface area contributed by atoms with Crippen molar-refractivity contribution in [2.75, 3.05) is 11.1 Å². The van der Waals surface area contributed by atoms with Gasteiger partial charge in [-0.05, 0) is 16.9 Å². The van der Waals surface area contributed by atoms with Crippen LogP contribution in [0.2, 0.25) is 0 Å². The van der Waals surface area contributed by atoms with E-state index in [-0.39, 0.29) is 10.1 Å². The van der Waals surface area contributed by atoms with Crippen molar-refractivity contribution in [1.82, 2.24) is 4.98 Å². The first-order valence-electron chi connectivity index (χ1n) is 6.27. The Morgan fingerprint density at radius 3 is 2.77 bits per heavy atom. The van der Waals surface area contributed by atoms with E-state index in [1.807, 2.05) is 30.3 Å². The first-order chi connectivity index (χ1) is 10.6. The number of thiazole rings is 1. The van der Waals surface area contributed by atoms with Gasteiger partial charge >= 0.3 is 11.0 Å². The number of hydrogen-bond donors (Lipinski definition) is 2. The van der Waals surface area contributed by atoms with Gasteiger partial charge in [0.1, 0.15) is 12.2 Å². The second kappa shape index (κ2) is 7.76.